The van der Waals surface area contributed by atoms with Crippen molar-refractivity contribution in [3.05, 3.63) is 35.9 Å². The van der Waals surface area contributed by atoms with Gasteiger partial charge in [0, 0.05) is 6.54 Å². The molecule has 0 saturated heterocycles. The van der Waals surface area contributed by atoms with E-state index in [2.05, 4.69) is 10.1 Å². The molecule has 0 atom stereocenters. The largest absolute Gasteiger partial charge is 0.439 e. The first-order chi connectivity index (χ1) is 7.18. The van der Waals surface area contributed by atoms with E-state index in [-0.39, 0.29) is 0 Å². The Labute approximate surface area is 87.2 Å². The van der Waals surface area contributed by atoms with E-state index in [0.29, 0.717) is 6.54 Å². The Morgan fingerprint density at radius 1 is 1.27 bits per heavy atom. The maximum atomic E-state index is 11.0. The van der Waals surface area contributed by atoms with Gasteiger partial charge in [-0.05, 0) is 5.56 Å². The molecule has 1 rings (SSSR count). The van der Waals surface area contributed by atoms with Gasteiger partial charge in [0.25, 0.3) is 5.91 Å². The first-order valence-electron chi connectivity index (χ1n) is 4.41. The smallest absolute Gasteiger partial charge is 0.407 e. The third kappa shape index (κ3) is 4.66. The highest BCUT2D eigenvalue weighted by Gasteiger charge is 2.03. The summed E-state index contributed by atoms with van der Waals surface area (Å²) >= 11 is 0. The molecular formula is C10H12N2O3. The lowest BCUT2D eigenvalue weighted by molar-refractivity contribution is -0.120. The van der Waals surface area contributed by atoms with Crippen LogP contribution in [-0.2, 0) is 16.1 Å². The number of alkyl carbamates (subject to hydrolysis) is 1. The lowest BCUT2D eigenvalue weighted by atomic mass is 10.2. The van der Waals surface area contributed by atoms with Crippen molar-refractivity contribution in [1.29, 1.82) is 0 Å². The van der Waals surface area contributed by atoms with Gasteiger partial charge >= 0.3 is 6.09 Å². The van der Waals surface area contributed by atoms with Gasteiger partial charge in [-0.3, -0.25) is 4.79 Å². The van der Waals surface area contributed by atoms with Gasteiger partial charge in [0.05, 0.1) is 0 Å². The number of nitrogens with two attached hydrogens (primary N) is 1. The maximum Gasteiger partial charge on any atom is 0.407 e. The van der Waals surface area contributed by atoms with Crippen LogP contribution in [-0.4, -0.2) is 18.6 Å². The van der Waals surface area contributed by atoms with Crippen LogP contribution in [0.15, 0.2) is 30.3 Å². The number of amides is 2. The zero-order chi connectivity index (χ0) is 11.1. The van der Waals surface area contributed by atoms with E-state index in [1.165, 1.54) is 0 Å². The molecule has 0 radical (unpaired) electrons. The van der Waals surface area contributed by atoms with Crippen LogP contribution in [0.4, 0.5) is 4.79 Å². The van der Waals surface area contributed by atoms with Gasteiger partial charge in [-0.1, -0.05) is 30.3 Å². The van der Waals surface area contributed by atoms with E-state index in [1.807, 2.05) is 30.3 Å². The summed E-state index contributed by atoms with van der Waals surface area (Å²) in [6, 6.07) is 9.36. The molecule has 1 aromatic rings. The molecule has 80 valence electrons. The van der Waals surface area contributed by atoms with E-state index in [0.717, 1.165) is 5.56 Å². The SMILES string of the molecule is NC(=O)COC(=O)NCc1ccccc1. The van der Waals surface area contributed by atoms with Gasteiger partial charge in [-0.2, -0.15) is 0 Å². The van der Waals surface area contributed by atoms with E-state index < -0.39 is 18.6 Å². The Morgan fingerprint density at radius 3 is 2.53 bits per heavy atom. The standard InChI is InChI=1S/C10H12N2O3/c11-9(13)7-15-10(14)12-6-8-4-2-1-3-5-8/h1-5H,6-7H2,(H2,11,13)(H,12,14). The van der Waals surface area contributed by atoms with Crippen LogP contribution in [0.2, 0.25) is 0 Å². The van der Waals surface area contributed by atoms with Crippen LogP contribution in [0.1, 0.15) is 5.56 Å². The van der Waals surface area contributed by atoms with Crippen molar-refractivity contribution in [3.63, 3.8) is 0 Å². The van der Waals surface area contributed by atoms with Crippen LogP contribution >= 0.6 is 0 Å². The number of carbonyl (C=O) groups excluding carboxylic acids is 2. The first kappa shape index (κ1) is 11.0. The molecule has 1 aromatic carbocycles. The second-order valence-corrected chi connectivity index (χ2v) is 2.88. The van der Waals surface area contributed by atoms with Crippen LogP contribution < -0.4 is 11.1 Å². The lowest BCUT2D eigenvalue weighted by Crippen LogP contribution is -2.28. The average Bonchev–Trinajstić information content (AvgIpc) is 2.25. The second kappa shape index (κ2) is 5.64. The highest BCUT2D eigenvalue weighted by atomic mass is 16.6. The fraction of sp³-hybridized carbons (Fsp3) is 0.200. The predicted molar refractivity (Wildman–Crippen MR) is 53.8 cm³/mol. The zero-order valence-corrected chi connectivity index (χ0v) is 8.10. The molecule has 0 aliphatic heterocycles. The number of hydrogen-bond acceptors (Lipinski definition) is 3. The Bertz CT molecular complexity index is 338. The van der Waals surface area contributed by atoms with Crippen molar-refractivity contribution in [2.24, 2.45) is 5.73 Å². The van der Waals surface area contributed by atoms with Crippen LogP contribution in [0.5, 0.6) is 0 Å². The highest BCUT2D eigenvalue weighted by Crippen LogP contribution is 1.97. The summed E-state index contributed by atoms with van der Waals surface area (Å²) in [6.45, 7) is -0.0426. The first-order valence-corrected chi connectivity index (χ1v) is 4.41. The maximum absolute atomic E-state index is 11.0. The molecule has 3 N–H and O–H groups in total. The van der Waals surface area contributed by atoms with Crippen molar-refractivity contribution < 1.29 is 14.3 Å². The number of benzene rings is 1. The van der Waals surface area contributed by atoms with Crippen molar-refractivity contribution in [2.45, 2.75) is 6.54 Å². The summed E-state index contributed by atoms with van der Waals surface area (Å²) in [7, 11) is 0. The summed E-state index contributed by atoms with van der Waals surface area (Å²) in [4.78, 5) is 21.3. The Hall–Kier alpha value is -2.04. The predicted octanol–water partition coefficient (Wildman–Crippen LogP) is 0.398. The molecule has 0 aliphatic carbocycles. The summed E-state index contributed by atoms with van der Waals surface area (Å²) in [5.74, 6) is -0.676. The minimum absolute atomic E-state index is 0.360. The molecule has 0 unspecified atom stereocenters. The third-order valence-electron chi connectivity index (χ3n) is 1.63. The van der Waals surface area contributed by atoms with Crippen molar-refractivity contribution in [1.82, 2.24) is 5.32 Å². The fourth-order valence-corrected chi connectivity index (χ4v) is 0.958. The fourth-order valence-electron chi connectivity index (χ4n) is 0.958. The summed E-state index contributed by atoms with van der Waals surface area (Å²) in [5, 5.41) is 2.49. The minimum atomic E-state index is -0.676. The monoisotopic (exact) mass is 208 g/mol. The van der Waals surface area contributed by atoms with Gasteiger partial charge in [0.1, 0.15) is 0 Å². The molecular weight excluding hydrogens is 196 g/mol. The quantitative estimate of drug-likeness (QED) is 0.751. The van der Waals surface area contributed by atoms with E-state index in [1.54, 1.807) is 0 Å². The van der Waals surface area contributed by atoms with E-state index >= 15 is 0 Å². The number of nitrogens with one attached hydrogen (secondary N) is 1. The third-order valence-corrected chi connectivity index (χ3v) is 1.63. The molecule has 0 saturated carbocycles. The second-order valence-electron chi connectivity index (χ2n) is 2.88. The Kier molecular flexibility index (Phi) is 4.15. The average molecular weight is 208 g/mol. The molecule has 15 heavy (non-hydrogen) atoms. The molecule has 0 bridgehead atoms. The number of carbonyl (C=O) groups is 2. The van der Waals surface area contributed by atoms with Gasteiger partial charge in [0.15, 0.2) is 6.61 Å². The molecule has 5 nitrogen and oxygen atoms in total. The topological polar surface area (TPSA) is 81.4 Å². The van der Waals surface area contributed by atoms with Crippen LogP contribution in [0, 0.1) is 0 Å². The van der Waals surface area contributed by atoms with Crippen LogP contribution in [0.3, 0.4) is 0 Å². The van der Waals surface area contributed by atoms with Crippen molar-refractivity contribution >= 4 is 12.0 Å². The number of hydrogen-bond donors (Lipinski definition) is 2. The van der Waals surface area contributed by atoms with Gasteiger partial charge < -0.3 is 15.8 Å². The molecule has 5 heteroatoms. The molecule has 0 aliphatic rings. The minimum Gasteiger partial charge on any atom is -0.439 e. The van der Waals surface area contributed by atoms with Crippen LogP contribution in [0.25, 0.3) is 0 Å². The highest BCUT2D eigenvalue weighted by molar-refractivity contribution is 5.78. The Morgan fingerprint density at radius 2 is 1.93 bits per heavy atom. The lowest BCUT2D eigenvalue weighted by Gasteiger charge is -2.04. The molecule has 0 fully saturated rings. The summed E-state index contributed by atoms with van der Waals surface area (Å²) < 4.78 is 4.50. The number of primary amides is 1. The van der Waals surface area contributed by atoms with Gasteiger partial charge in [-0.15, -0.1) is 0 Å². The van der Waals surface area contributed by atoms with Gasteiger partial charge in [-0.25, -0.2) is 4.79 Å². The molecule has 0 aromatic heterocycles. The van der Waals surface area contributed by atoms with Crippen molar-refractivity contribution in [2.75, 3.05) is 6.61 Å². The summed E-state index contributed by atoms with van der Waals surface area (Å²) in [5.41, 5.74) is 5.76. The van der Waals surface area contributed by atoms with E-state index in [9.17, 15) is 9.59 Å². The zero-order valence-electron chi connectivity index (χ0n) is 8.10. The molecule has 2 amide bonds. The number of ether oxygens (including phenoxy) is 1. The number of rotatable bonds is 4. The molecule has 0 spiro atoms. The van der Waals surface area contributed by atoms with Crippen molar-refractivity contribution in [3.8, 4) is 0 Å². The Balaban J connectivity index is 2.26. The van der Waals surface area contributed by atoms with E-state index in [4.69, 9.17) is 5.73 Å². The molecule has 0 heterocycles. The normalized spacial score (nSPS) is 9.33. The van der Waals surface area contributed by atoms with Gasteiger partial charge in [0.2, 0.25) is 0 Å². The summed E-state index contributed by atoms with van der Waals surface area (Å²) in [6.07, 6.45) is -0.655.